The molecule has 0 saturated heterocycles. The van der Waals surface area contributed by atoms with Gasteiger partial charge in [0.05, 0.1) is 16.3 Å². The molecule has 1 atom stereocenters. The van der Waals surface area contributed by atoms with E-state index in [2.05, 4.69) is 10.4 Å². The van der Waals surface area contributed by atoms with Crippen molar-refractivity contribution in [3.05, 3.63) is 11.8 Å². The number of amides is 1. The van der Waals surface area contributed by atoms with Crippen LogP contribution in [0.5, 0.6) is 0 Å². The van der Waals surface area contributed by atoms with Crippen LogP contribution in [0, 0.1) is 6.92 Å². The number of hydrogen-bond acceptors (Lipinski definition) is 4. The molecule has 0 aromatic carbocycles. The van der Waals surface area contributed by atoms with Crippen molar-refractivity contribution in [2.75, 3.05) is 12.3 Å². The maximum Gasteiger partial charge on any atom is 0.237 e. The molecule has 5 nitrogen and oxygen atoms in total. The molecule has 3 N–H and O–H groups in total. The quantitative estimate of drug-likeness (QED) is 0.727. The molecule has 1 amide bonds. The Morgan fingerprint density at radius 1 is 1.67 bits per heavy atom. The second kappa shape index (κ2) is 6.24. The topological polar surface area (TPSA) is 72.9 Å². The lowest BCUT2D eigenvalue weighted by atomic mass is 9.98. The van der Waals surface area contributed by atoms with Gasteiger partial charge >= 0.3 is 0 Å². The average molecular weight is 270 g/mol. The number of carbonyl (C=O) groups is 1. The second-order valence-corrected chi connectivity index (χ2v) is 5.69. The van der Waals surface area contributed by atoms with Gasteiger partial charge in [-0.1, -0.05) is 6.92 Å². The van der Waals surface area contributed by atoms with Crippen LogP contribution in [0.2, 0.25) is 0 Å². The lowest BCUT2D eigenvalue weighted by Crippen LogP contribution is -2.53. The van der Waals surface area contributed by atoms with Crippen LogP contribution < -0.4 is 11.1 Å². The smallest absolute Gasteiger partial charge is 0.237 e. The highest BCUT2D eigenvalue weighted by Gasteiger charge is 2.29. The van der Waals surface area contributed by atoms with Gasteiger partial charge in [0.1, 0.15) is 0 Å². The molecule has 0 spiro atoms. The Kier molecular flexibility index (Phi) is 5.22. The fourth-order valence-electron chi connectivity index (χ4n) is 1.77. The molecular weight excluding hydrogens is 248 g/mol. The molecule has 1 aromatic heterocycles. The zero-order valence-corrected chi connectivity index (χ0v) is 12.3. The van der Waals surface area contributed by atoms with Crippen molar-refractivity contribution < 1.29 is 4.79 Å². The maximum absolute atomic E-state index is 11.5. The average Bonchev–Trinajstić information content (AvgIpc) is 2.57. The van der Waals surface area contributed by atoms with Crippen LogP contribution in [0.25, 0.3) is 0 Å². The molecule has 0 aliphatic heterocycles. The summed E-state index contributed by atoms with van der Waals surface area (Å²) < 4.78 is 1.86. The molecule has 102 valence electrons. The van der Waals surface area contributed by atoms with Crippen molar-refractivity contribution in [1.82, 2.24) is 15.1 Å². The number of nitrogens with two attached hydrogens (primary N) is 1. The first kappa shape index (κ1) is 15.0. The number of aryl methyl sites for hydroxylation is 2. The predicted molar refractivity (Wildman–Crippen MR) is 74.6 cm³/mol. The molecule has 18 heavy (non-hydrogen) atoms. The minimum Gasteiger partial charge on any atom is -0.368 e. The fraction of sp³-hybridized carbons (Fsp3) is 0.667. The van der Waals surface area contributed by atoms with Crippen molar-refractivity contribution in [2.24, 2.45) is 12.8 Å². The Balaban J connectivity index is 2.54. The number of carbonyl (C=O) groups excluding carboxylic acids is 1. The Bertz CT molecular complexity index is 418. The summed E-state index contributed by atoms with van der Waals surface area (Å²) in [4.78, 5) is 11.5. The minimum atomic E-state index is -0.630. The summed E-state index contributed by atoms with van der Waals surface area (Å²) >= 11 is 1.69. The molecule has 0 aliphatic rings. The lowest BCUT2D eigenvalue weighted by molar-refractivity contribution is -0.123. The monoisotopic (exact) mass is 270 g/mol. The van der Waals surface area contributed by atoms with E-state index in [1.165, 1.54) is 0 Å². The van der Waals surface area contributed by atoms with Gasteiger partial charge in [-0.25, -0.2) is 0 Å². The highest BCUT2D eigenvalue weighted by molar-refractivity contribution is 7.99. The van der Waals surface area contributed by atoms with E-state index < -0.39 is 5.54 Å². The zero-order valence-electron chi connectivity index (χ0n) is 11.5. The lowest BCUT2D eigenvalue weighted by Gasteiger charge is -2.26. The SMILES string of the molecule is CCNC(C)(CCSc1cc(C)nn1C)C(N)=O. The van der Waals surface area contributed by atoms with E-state index in [9.17, 15) is 4.79 Å². The van der Waals surface area contributed by atoms with Crippen LogP contribution in [-0.4, -0.2) is 33.5 Å². The second-order valence-electron chi connectivity index (χ2n) is 4.57. The van der Waals surface area contributed by atoms with E-state index in [4.69, 9.17) is 5.73 Å². The number of rotatable bonds is 7. The highest BCUT2D eigenvalue weighted by Crippen LogP contribution is 2.22. The molecule has 0 radical (unpaired) electrons. The number of primary amides is 1. The summed E-state index contributed by atoms with van der Waals surface area (Å²) in [6, 6.07) is 2.04. The molecule has 6 heteroatoms. The summed E-state index contributed by atoms with van der Waals surface area (Å²) in [5.41, 5.74) is 5.82. The van der Waals surface area contributed by atoms with Crippen molar-refractivity contribution in [3.63, 3.8) is 0 Å². The van der Waals surface area contributed by atoms with Crippen molar-refractivity contribution >= 4 is 17.7 Å². The summed E-state index contributed by atoms with van der Waals surface area (Å²) in [5, 5.41) is 8.55. The molecule has 1 aromatic rings. The Labute approximate surface area is 112 Å². The van der Waals surface area contributed by atoms with Gasteiger partial charge in [0.2, 0.25) is 5.91 Å². The van der Waals surface area contributed by atoms with E-state index in [-0.39, 0.29) is 5.91 Å². The number of nitrogens with zero attached hydrogens (tertiary/aromatic N) is 2. The molecule has 0 fully saturated rings. The summed E-state index contributed by atoms with van der Waals surface area (Å²) in [6.07, 6.45) is 0.699. The Hall–Kier alpha value is -1.01. The van der Waals surface area contributed by atoms with Crippen LogP contribution in [0.15, 0.2) is 11.1 Å². The molecular formula is C12H22N4OS. The van der Waals surface area contributed by atoms with Crippen molar-refractivity contribution in [2.45, 2.75) is 37.8 Å². The third-order valence-corrected chi connectivity index (χ3v) is 4.01. The van der Waals surface area contributed by atoms with Crippen LogP contribution in [-0.2, 0) is 11.8 Å². The van der Waals surface area contributed by atoms with E-state index in [1.807, 2.05) is 38.6 Å². The van der Waals surface area contributed by atoms with Crippen LogP contribution >= 0.6 is 11.8 Å². The van der Waals surface area contributed by atoms with Gasteiger partial charge in [0, 0.05) is 12.8 Å². The fourth-order valence-corrected chi connectivity index (χ4v) is 2.97. The molecule has 1 rings (SSSR count). The van der Waals surface area contributed by atoms with Gasteiger partial charge < -0.3 is 11.1 Å². The first-order chi connectivity index (χ1) is 8.39. The van der Waals surface area contributed by atoms with Gasteiger partial charge in [-0.05, 0) is 32.9 Å². The first-order valence-electron chi connectivity index (χ1n) is 6.07. The third-order valence-electron chi connectivity index (χ3n) is 2.92. The van der Waals surface area contributed by atoms with E-state index in [0.717, 1.165) is 23.0 Å². The van der Waals surface area contributed by atoms with Crippen LogP contribution in [0.3, 0.4) is 0 Å². The van der Waals surface area contributed by atoms with E-state index in [1.54, 1.807) is 11.8 Å². The van der Waals surface area contributed by atoms with E-state index in [0.29, 0.717) is 6.42 Å². The first-order valence-corrected chi connectivity index (χ1v) is 7.06. The third kappa shape index (κ3) is 3.74. The van der Waals surface area contributed by atoms with Gasteiger partial charge in [0.15, 0.2) is 0 Å². The number of hydrogen-bond donors (Lipinski definition) is 2. The van der Waals surface area contributed by atoms with E-state index >= 15 is 0 Å². The normalized spacial score (nSPS) is 14.4. The number of likely N-dealkylation sites (N-methyl/N-ethyl adjacent to an activating group) is 1. The molecule has 1 unspecified atom stereocenters. The van der Waals surface area contributed by atoms with Crippen LogP contribution in [0.4, 0.5) is 0 Å². The Morgan fingerprint density at radius 2 is 2.33 bits per heavy atom. The van der Waals surface area contributed by atoms with Gasteiger partial charge in [-0.15, -0.1) is 11.8 Å². The zero-order chi connectivity index (χ0) is 13.8. The largest absolute Gasteiger partial charge is 0.368 e. The highest BCUT2D eigenvalue weighted by atomic mass is 32.2. The van der Waals surface area contributed by atoms with Crippen molar-refractivity contribution in [1.29, 1.82) is 0 Å². The summed E-state index contributed by atoms with van der Waals surface area (Å²) in [7, 11) is 1.92. The van der Waals surface area contributed by atoms with Gasteiger partial charge in [0.25, 0.3) is 0 Å². The molecule has 0 aliphatic carbocycles. The molecule has 1 heterocycles. The number of thioether (sulfide) groups is 1. The van der Waals surface area contributed by atoms with Gasteiger partial charge in [-0.2, -0.15) is 5.10 Å². The Morgan fingerprint density at radius 3 is 2.78 bits per heavy atom. The van der Waals surface area contributed by atoms with Crippen molar-refractivity contribution in [3.8, 4) is 0 Å². The van der Waals surface area contributed by atoms with Crippen LogP contribution in [0.1, 0.15) is 26.0 Å². The minimum absolute atomic E-state index is 0.300. The van der Waals surface area contributed by atoms with Gasteiger partial charge in [-0.3, -0.25) is 9.48 Å². The number of aromatic nitrogens is 2. The maximum atomic E-state index is 11.5. The predicted octanol–water partition coefficient (Wildman–Crippen LogP) is 1.06. The number of nitrogens with one attached hydrogen (secondary N) is 1. The molecule has 0 bridgehead atoms. The standard InChI is InChI=1S/C12H22N4OS/c1-5-14-12(3,11(13)17)6-7-18-10-8-9(2)15-16(10)4/h8,14H,5-7H2,1-4H3,(H2,13,17). The molecule has 0 saturated carbocycles. The summed E-state index contributed by atoms with van der Waals surface area (Å²) in [6.45, 7) is 6.53. The summed E-state index contributed by atoms with van der Waals surface area (Å²) in [5.74, 6) is 0.525.